The van der Waals surface area contributed by atoms with Crippen LogP contribution < -0.4 is 5.32 Å². The van der Waals surface area contributed by atoms with Crippen LogP contribution in [0.5, 0.6) is 0 Å². The Balaban J connectivity index is 2.12. The number of pyridine rings is 1. The molecule has 1 saturated heterocycles. The molecule has 0 aliphatic carbocycles. The van der Waals surface area contributed by atoms with Crippen molar-refractivity contribution in [2.75, 3.05) is 44.6 Å². The lowest BCUT2D eigenvalue weighted by atomic mass is 10.2. The highest BCUT2D eigenvalue weighted by Crippen LogP contribution is 2.17. The summed E-state index contributed by atoms with van der Waals surface area (Å²) in [7, 11) is 0. The van der Waals surface area contributed by atoms with Gasteiger partial charge in [-0.05, 0) is 19.0 Å². The summed E-state index contributed by atoms with van der Waals surface area (Å²) in [6.45, 7) is 8.93. The molecule has 6 heteroatoms. The smallest absolute Gasteiger partial charge is 0.257 e. The van der Waals surface area contributed by atoms with Crippen molar-refractivity contribution in [1.29, 1.82) is 0 Å². The fraction of sp³-hybridized carbons (Fsp3) is 0.600. The maximum absolute atomic E-state index is 13.4. The minimum absolute atomic E-state index is 0.142. The third-order valence-corrected chi connectivity index (χ3v) is 3.73. The molecule has 0 radical (unpaired) electrons. The van der Waals surface area contributed by atoms with Crippen LogP contribution in [0.1, 0.15) is 30.6 Å². The molecule has 1 aromatic heterocycles. The Labute approximate surface area is 125 Å². The van der Waals surface area contributed by atoms with Crippen LogP contribution in [0.25, 0.3) is 0 Å². The van der Waals surface area contributed by atoms with Crippen molar-refractivity contribution < 1.29 is 9.18 Å². The number of aromatic nitrogens is 1. The Morgan fingerprint density at radius 3 is 2.67 bits per heavy atom. The van der Waals surface area contributed by atoms with Crippen molar-refractivity contribution in [3.63, 3.8) is 0 Å². The molecule has 1 aliphatic rings. The zero-order valence-electron chi connectivity index (χ0n) is 12.7. The van der Waals surface area contributed by atoms with Crippen LogP contribution in [0, 0.1) is 5.82 Å². The van der Waals surface area contributed by atoms with E-state index in [2.05, 4.69) is 22.1 Å². The Morgan fingerprint density at radius 1 is 1.33 bits per heavy atom. The molecule has 2 rings (SSSR count). The molecule has 2 heterocycles. The molecule has 1 aromatic rings. The van der Waals surface area contributed by atoms with Gasteiger partial charge >= 0.3 is 0 Å². The summed E-state index contributed by atoms with van der Waals surface area (Å²) >= 11 is 0. The van der Waals surface area contributed by atoms with Crippen molar-refractivity contribution in [1.82, 2.24) is 14.8 Å². The van der Waals surface area contributed by atoms with Crippen molar-refractivity contribution >= 4 is 11.7 Å². The van der Waals surface area contributed by atoms with E-state index in [1.54, 1.807) is 4.90 Å². The summed E-state index contributed by atoms with van der Waals surface area (Å²) in [6.07, 6.45) is 2.06. The van der Waals surface area contributed by atoms with E-state index in [9.17, 15) is 9.18 Å². The van der Waals surface area contributed by atoms with Crippen LogP contribution in [0.3, 0.4) is 0 Å². The van der Waals surface area contributed by atoms with E-state index in [1.165, 1.54) is 6.07 Å². The fourth-order valence-electron chi connectivity index (χ4n) is 2.42. The number of hydrogen-bond acceptors (Lipinski definition) is 4. The molecular weight excluding hydrogens is 271 g/mol. The number of carbonyl (C=O) groups is 1. The normalized spacial score (nSPS) is 16.0. The van der Waals surface area contributed by atoms with Crippen LogP contribution >= 0.6 is 0 Å². The molecule has 0 spiro atoms. The minimum Gasteiger partial charge on any atom is -0.369 e. The van der Waals surface area contributed by atoms with Crippen LogP contribution in [-0.4, -0.2) is 60.0 Å². The van der Waals surface area contributed by atoms with Gasteiger partial charge in [-0.3, -0.25) is 4.79 Å². The lowest BCUT2D eigenvalue weighted by molar-refractivity contribution is 0.0643. The molecule has 0 bridgehead atoms. The number of hydrogen-bond donors (Lipinski definition) is 1. The first-order valence-corrected chi connectivity index (χ1v) is 7.56. The van der Waals surface area contributed by atoms with Gasteiger partial charge in [0.25, 0.3) is 5.91 Å². The molecule has 5 nitrogen and oxygen atoms in total. The third kappa shape index (κ3) is 3.91. The number of likely N-dealkylation sites (N-methyl/N-ethyl adjacent to an activating group) is 1. The summed E-state index contributed by atoms with van der Waals surface area (Å²) in [5.41, 5.74) is 0.327. The second-order valence-electron chi connectivity index (χ2n) is 5.20. The van der Waals surface area contributed by atoms with Gasteiger partial charge in [0.1, 0.15) is 11.6 Å². The first-order valence-electron chi connectivity index (χ1n) is 7.56. The summed E-state index contributed by atoms with van der Waals surface area (Å²) in [4.78, 5) is 20.7. The predicted molar refractivity (Wildman–Crippen MR) is 81.0 cm³/mol. The summed E-state index contributed by atoms with van der Waals surface area (Å²) in [5, 5.41) is 3.09. The topological polar surface area (TPSA) is 48.5 Å². The zero-order chi connectivity index (χ0) is 15.2. The average Bonchev–Trinajstić information content (AvgIpc) is 2.53. The average molecular weight is 294 g/mol. The standard InChI is InChI=1S/C15H23FN4O/c1-3-5-17-14-13(10-12(16)11-18-14)15(21)20-8-6-19(4-2)7-9-20/h10-11H,3-9H2,1-2H3,(H,17,18). The van der Waals surface area contributed by atoms with E-state index >= 15 is 0 Å². The number of amides is 1. The first-order chi connectivity index (χ1) is 10.2. The second-order valence-corrected chi connectivity index (χ2v) is 5.20. The van der Waals surface area contributed by atoms with Gasteiger partial charge in [0.15, 0.2) is 0 Å². The van der Waals surface area contributed by atoms with Gasteiger partial charge in [0.2, 0.25) is 0 Å². The lowest BCUT2D eigenvalue weighted by Gasteiger charge is -2.34. The van der Waals surface area contributed by atoms with Crippen molar-refractivity contribution in [3.05, 3.63) is 23.6 Å². The monoisotopic (exact) mass is 294 g/mol. The van der Waals surface area contributed by atoms with E-state index in [-0.39, 0.29) is 5.91 Å². The van der Waals surface area contributed by atoms with Crippen molar-refractivity contribution in [3.8, 4) is 0 Å². The zero-order valence-corrected chi connectivity index (χ0v) is 12.7. The Bertz CT molecular complexity index is 487. The molecule has 116 valence electrons. The van der Waals surface area contributed by atoms with E-state index in [0.717, 1.165) is 32.3 Å². The Morgan fingerprint density at radius 2 is 2.05 bits per heavy atom. The van der Waals surface area contributed by atoms with Gasteiger partial charge in [-0.25, -0.2) is 9.37 Å². The molecular formula is C15H23FN4O. The molecule has 0 unspecified atom stereocenters. The van der Waals surface area contributed by atoms with Crippen molar-refractivity contribution in [2.24, 2.45) is 0 Å². The molecule has 1 aliphatic heterocycles. The molecule has 21 heavy (non-hydrogen) atoms. The van der Waals surface area contributed by atoms with Gasteiger partial charge in [0.05, 0.1) is 11.8 Å². The van der Waals surface area contributed by atoms with E-state index in [1.807, 2.05) is 6.92 Å². The van der Waals surface area contributed by atoms with Gasteiger partial charge in [-0.1, -0.05) is 13.8 Å². The van der Waals surface area contributed by atoms with Gasteiger partial charge in [0, 0.05) is 32.7 Å². The lowest BCUT2D eigenvalue weighted by Crippen LogP contribution is -2.48. The highest BCUT2D eigenvalue weighted by Gasteiger charge is 2.24. The van der Waals surface area contributed by atoms with Gasteiger partial charge < -0.3 is 15.1 Å². The van der Waals surface area contributed by atoms with Gasteiger partial charge in [-0.2, -0.15) is 0 Å². The number of rotatable bonds is 5. The Kier molecular flexibility index (Phi) is 5.50. The molecule has 0 atom stereocenters. The van der Waals surface area contributed by atoms with Crippen LogP contribution in [0.15, 0.2) is 12.3 Å². The number of anilines is 1. The largest absolute Gasteiger partial charge is 0.369 e. The van der Waals surface area contributed by atoms with E-state index in [4.69, 9.17) is 0 Å². The highest BCUT2D eigenvalue weighted by atomic mass is 19.1. The third-order valence-electron chi connectivity index (χ3n) is 3.73. The van der Waals surface area contributed by atoms with Crippen molar-refractivity contribution in [2.45, 2.75) is 20.3 Å². The number of piperazine rings is 1. The predicted octanol–water partition coefficient (Wildman–Crippen LogP) is 1.82. The highest BCUT2D eigenvalue weighted by molar-refractivity contribution is 5.98. The van der Waals surface area contributed by atoms with E-state index < -0.39 is 5.82 Å². The number of halogens is 1. The maximum atomic E-state index is 13.4. The molecule has 1 fully saturated rings. The number of nitrogens with zero attached hydrogens (tertiary/aromatic N) is 3. The SMILES string of the molecule is CCCNc1ncc(F)cc1C(=O)N1CCN(CC)CC1. The number of nitrogens with one attached hydrogen (secondary N) is 1. The molecule has 1 amide bonds. The fourth-order valence-corrected chi connectivity index (χ4v) is 2.42. The van der Waals surface area contributed by atoms with E-state index in [0.29, 0.717) is 31.0 Å². The summed E-state index contributed by atoms with van der Waals surface area (Å²) in [6, 6.07) is 1.28. The van der Waals surface area contributed by atoms with Crippen LogP contribution in [0.4, 0.5) is 10.2 Å². The summed E-state index contributed by atoms with van der Waals surface area (Å²) < 4.78 is 13.4. The molecule has 0 saturated carbocycles. The van der Waals surface area contributed by atoms with Crippen LogP contribution in [-0.2, 0) is 0 Å². The van der Waals surface area contributed by atoms with Crippen LogP contribution in [0.2, 0.25) is 0 Å². The number of carbonyl (C=O) groups excluding carboxylic acids is 1. The quantitative estimate of drug-likeness (QED) is 0.900. The Hall–Kier alpha value is -1.69. The summed E-state index contributed by atoms with van der Waals surface area (Å²) in [5.74, 6) is -0.148. The first kappa shape index (κ1) is 15.7. The van der Waals surface area contributed by atoms with Gasteiger partial charge in [-0.15, -0.1) is 0 Å². The maximum Gasteiger partial charge on any atom is 0.257 e. The molecule has 1 N–H and O–H groups in total. The minimum atomic E-state index is -0.479. The molecule has 0 aromatic carbocycles. The second kappa shape index (κ2) is 7.36.